The van der Waals surface area contributed by atoms with E-state index in [1.165, 1.54) is 31.4 Å². The van der Waals surface area contributed by atoms with Gasteiger partial charge in [-0.05, 0) is 23.8 Å². The van der Waals surface area contributed by atoms with Crippen molar-refractivity contribution in [2.45, 2.75) is 4.90 Å². The van der Waals surface area contributed by atoms with E-state index in [-0.39, 0.29) is 16.4 Å². The number of benzene rings is 3. The number of nitriles is 1. The molecule has 0 amide bonds. The molecular weight excluding hydrogens is 350 g/mol. The summed E-state index contributed by atoms with van der Waals surface area (Å²) in [5, 5.41) is 8.96. The molecule has 0 unspecified atom stereocenters. The molecule has 6 heteroatoms. The van der Waals surface area contributed by atoms with Crippen molar-refractivity contribution < 1.29 is 17.3 Å². The Bertz CT molecular complexity index is 1070. The highest BCUT2D eigenvalue weighted by Gasteiger charge is 2.23. The number of hydrogen-bond acceptors (Lipinski definition) is 5. The number of ether oxygens (including phenoxy) is 1. The van der Waals surface area contributed by atoms with Gasteiger partial charge >= 0.3 is 10.1 Å². The molecule has 3 rings (SSSR count). The number of methoxy groups -OCH3 is 1. The van der Waals surface area contributed by atoms with Gasteiger partial charge < -0.3 is 8.92 Å². The van der Waals surface area contributed by atoms with Gasteiger partial charge in [-0.25, -0.2) is 0 Å². The lowest BCUT2D eigenvalue weighted by atomic mass is 10.1. The number of rotatable bonds is 5. The molecule has 0 heterocycles. The minimum absolute atomic E-state index is 0.0226. The van der Waals surface area contributed by atoms with Gasteiger partial charge in [-0.15, -0.1) is 0 Å². The molecule has 0 aliphatic heterocycles. The highest BCUT2D eigenvalue weighted by molar-refractivity contribution is 7.87. The minimum atomic E-state index is -4.11. The first-order valence-electron chi connectivity index (χ1n) is 7.72. The van der Waals surface area contributed by atoms with Crippen LogP contribution in [0.25, 0.3) is 11.1 Å². The Labute approximate surface area is 152 Å². The molecule has 0 saturated heterocycles. The first kappa shape index (κ1) is 17.5. The first-order chi connectivity index (χ1) is 12.5. The molecule has 0 aliphatic rings. The van der Waals surface area contributed by atoms with Crippen molar-refractivity contribution in [1.82, 2.24) is 0 Å². The van der Waals surface area contributed by atoms with E-state index in [9.17, 15) is 8.42 Å². The van der Waals surface area contributed by atoms with Crippen molar-refractivity contribution in [1.29, 1.82) is 5.26 Å². The fraction of sp³-hybridized carbons (Fsp3) is 0.0500. The molecule has 0 saturated carbocycles. The monoisotopic (exact) mass is 365 g/mol. The predicted octanol–water partition coefficient (Wildman–Crippen LogP) is 4.00. The standard InChI is InChI=1S/C20H15NO4S/c1-24-19-13-15(14-21)11-12-18(19)25-26(22,23)20-10-6-5-9-17(20)16-7-3-2-4-8-16/h2-13H,1H3. The van der Waals surface area contributed by atoms with Crippen LogP contribution in [0.5, 0.6) is 11.5 Å². The Hall–Kier alpha value is -3.30. The first-order valence-corrected chi connectivity index (χ1v) is 9.13. The van der Waals surface area contributed by atoms with Crippen LogP contribution in [0.1, 0.15) is 5.56 Å². The zero-order valence-electron chi connectivity index (χ0n) is 13.9. The molecule has 5 nitrogen and oxygen atoms in total. The van der Waals surface area contributed by atoms with Crippen LogP contribution in [0.2, 0.25) is 0 Å². The van der Waals surface area contributed by atoms with E-state index in [0.29, 0.717) is 11.1 Å². The van der Waals surface area contributed by atoms with Crippen LogP contribution >= 0.6 is 0 Å². The van der Waals surface area contributed by atoms with Crippen molar-refractivity contribution in [2.24, 2.45) is 0 Å². The molecule has 0 N–H and O–H groups in total. The summed E-state index contributed by atoms with van der Waals surface area (Å²) in [6.07, 6.45) is 0. The topological polar surface area (TPSA) is 76.4 Å². The quantitative estimate of drug-likeness (QED) is 0.639. The van der Waals surface area contributed by atoms with E-state index in [4.69, 9.17) is 14.2 Å². The molecule has 0 spiro atoms. The Morgan fingerprint density at radius 1 is 0.885 bits per heavy atom. The lowest BCUT2D eigenvalue weighted by molar-refractivity contribution is 0.390. The van der Waals surface area contributed by atoms with Crippen molar-refractivity contribution in [2.75, 3.05) is 7.11 Å². The summed E-state index contributed by atoms with van der Waals surface area (Å²) in [4.78, 5) is 0.0533. The molecule has 0 radical (unpaired) electrons. The summed E-state index contributed by atoms with van der Waals surface area (Å²) in [6.45, 7) is 0. The van der Waals surface area contributed by atoms with E-state index in [2.05, 4.69) is 0 Å². The SMILES string of the molecule is COc1cc(C#N)ccc1OS(=O)(=O)c1ccccc1-c1ccccc1. The summed E-state index contributed by atoms with van der Waals surface area (Å²) in [6, 6.07) is 22.1. The van der Waals surface area contributed by atoms with Crippen LogP contribution in [0, 0.1) is 11.3 Å². The molecule has 0 fully saturated rings. The molecule has 26 heavy (non-hydrogen) atoms. The molecule has 0 aliphatic carbocycles. The Morgan fingerprint density at radius 2 is 1.58 bits per heavy atom. The van der Waals surface area contributed by atoms with Gasteiger partial charge in [-0.2, -0.15) is 13.7 Å². The third kappa shape index (κ3) is 3.53. The van der Waals surface area contributed by atoms with Gasteiger partial charge in [0.15, 0.2) is 11.5 Å². The molecule has 0 bridgehead atoms. The van der Waals surface area contributed by atoms with Gasteiger partial charge in [-0.1, -0.05) is 48.5 Å². The summed E-state index contributed by atoms with van der Waals surface area (Å²) in [7, 11) is -2.72. The van der Waals surface area contributed by atoms with Crippen LogP contribution in [-0.4, -0.2) is 15.5 Å². The van der Waals surface area contributed by atoms with Crippen LogP contribution in [0.4, 0.5) is 0 Å². The Kier molecular flexibility index (Phi) is 4.92. The van der Waals surface area contributed by atoms with Gasteiger partial charge in [0.05, 0.1) is 18.7 Å². The Balaban J connectivity index is 2.05. The van der Waals surface area contributed by atoms with Crippen LogP contribution in [0.15, 0.2) is 77.7 Å². The third-order valence-corrected chi connectivity index (χ3v) is 5.03. The zero-order chi connectivity index (χ0) is 18.6. The second kappa shape index (κ2) is 7.30. The predicted molar refractivity (Wildman–Crippen MR) is 97.4 cm³/mol. The normalized spacial score (nSPS) is 10.8. The van der Waals surface area contributed by atoms with Gasteiger partial charge in [0.1, 0.15) is 4.90 Å². The summed E-state index contributed by atoms with van der Waals surface area (Å²) in [5.41, 5.74) is 1.65. The highest BCUT2D eigenvalue weighted by Crippen LogP contribution is 2.33. The van der Waals surface area contributed by atoms with Crippen molar-refractivity contribution in [3.63, 3.8) is 0 Å². The van der Waals surface area contributed by atoms with Gasteiger partial charge in [0, 0.05) is 11.6 Å². The average molecular weight is 365 g/mol. The second-order valence-electron chi connectivity index (χ2n) is 5.38. The summed E-state index contributed by atoms with van der Waals surface area (Å²) >= 11 is 0. The van der Waals surface area contributed by atoms with E-state index < -0.39 is 10.1 Å². The second-order valence-corrected chi connectivity index (χ2v) is 6.89. The van der Waals surface area contributed by atoms with Gasteiger partial charge in [-0.3, -0.25) is 0 Å². The maximum Gasteiger partial charge on any atom is 0.339 e. The van der Waals surface area contributed by atoms with E-state index in [1.807, 2.05) is 36.4 Å². The number of nitrogens with zero attached hydrogens (tertiary/aromatic N) is 1. The maximum atomic E-state index is 12.9. The average Bonchev–Trinajstić information content (AvgIpc) is 2.68. The molecule has 3 aromatic rings. The molecule has 0 atom stereocenters. The third-order valence-electron chi connectivity index (χ3n) is 3.73. The summed E-state index contributed by atoms with van der Waals surface area (Å²) < 4.78 is 36.2. The number of hydrogen-bond donors (Lipinski definition) is 0. The van der Waals surface area contributed by atoms with Crippen LogP contribution in [0.3, 0.4) is 0 Å². The molecule has 130 valence electrons. The summed E-state index contributed by atoms with van der Waals surface area (Å²) in [5.74, 6) is 0.194. The fourth-order valence-electron chi connectivity index (χ4n) is 2.51. The fourth-order valence-corrected chi connectivity index (χ4v) is 3.67. The van der Waals surface area contributed by atoms with E-state index >= 15 is 0 Å². The smallest absolute Gasteiger partial charge is 0.339 e. The lowest BCUT2D eigenvalue weighted by Gasteiger charge is -2.13. The molecular formula is C20H15NO4S. The van der Waals surface area contributed by atoms with E-state index in [0.717, 1.165) is 5.56 Å². The van der Waals surface area contributed by atoms with Crippen LogP contribution < -0.4 is 8.92 Å². The Morgan fingerprint density at radius 3 is 2.27 bits per heavy atom. The van der Waals surface area contributed by atoms with Crippen molar-refractivity contribution in [3.05, 3.63) is 78.4 Å². The highest BCUT2D eigenvalue weighted by atomic mass is 32.2. The zero-order valence-corrected chi connectivity index (χ0v) is 14.7. The minimum Gasteiger partial charge on any atom is -0.493 e. The molecule has 3 aromatic carbocycles. The van der Waals surface area contributed by atoms with Crippen LogP contribution in [-0.2, 0) is 10.1 Å². The van der Waals surface area contributed by atoms with Gasteiger partial charge in [0.2, 0.25) is 0 Å². The van der Waals surface area contributed by atoms with Crippen molar-refractivity contribution >= 4 is 10.1 Å². The largest absolute Gasteiger partial charge is 0.493 e. The maximum absolute atomic E-state index is 12.9. The lowest BCUT2D eigenvalue weighted by Crippen LogP contribution is -2.11. The van der Waals surface area contributed by atoms with Gasteiger partial charge in [0.25, 0.3) is 0 Å². The van der Waals surface area contributed by atoms with E-state index in [1.54, 1.807) is 18.2 Å². The molecule has 0 aromatic heterocycles. The van der Waals surface area contributed by atoms with Crippen molar-refractivity contribution in [3.8, 4) is 28.7 Å².